The summed E-state index contributed by atoms with van der Waals surface area (Å²) in [6.07, 6.45) is 8.23. The van der Waals surface area contributed by atoms with Gasteiger partial charge >= 0.3 is 5.97 Å². The standard InChI is InChI=1S/C40H47N9O8/c1-9-40(3,4)57-39(54)30-15-25(21-47(30)6)42-36(51)29-14-24(20-46(29)5)43-37(52)35-45-33(22-48(35)7)44-34(50)11-10-12-56-32-17-28-27(16-31(32)55-8)38(53)49-19-23(2)13-26(49)18-41-28/h14-18,20-22,26H,2,9-13,19H2,1,3-8H3,(H,42,51)(H,43,52)(H,44,50)/t26-/m0/s1. The Hall–Kier alpha value is -6.65. The molecule has 1 aromatic carbocycles. The molecule has 2 aliphatic rings. The number of aliphatic imine (C=N–C) groups is 1. The van der Waals surface area contributed by atoms with E-state index in [-0.39, 0.29) is 53.9 Å². The number of hydrogen-bond donors (Lipinski definition) is 3. The number of nitrogens with zero attached hydrogens (tertiary/aromatic N) is 6. The molecule has 0 radical (unpaired) electrons. The van der Waals surface area contributed by atoms with Crippen LogP contribution in [0.3, 0.4) is 0 Å². The molecule has 0 unspecified atom stereocenters. The van der Waals surface area contributed by atoms with E-state index in [0.29, 0.717) is 59.9 Å². The van der Waals surface area contributed by atoms with Crippen molar-refractivity contribution in [3.05, 3.63) is 77.8 Å². The van der Waals surface area contributed by atoms with E-state index in [4.69, 9.17) is 14.2 Å². The van der Waals surface area contributed by atoms with Gasteiger partial charge in [-0.2, -0.15) is 0 Å². The van der Waals surface area contributed by atoms with Gasteiger partial charge in [0.1, 0.15) is 17.0 Å². The monoisotopic (exact) mass is 781 g/mol. The Morgan fingerprint density at radius 1 is 0.912 bits per heavy atom. The summed E-state index contributed by atoms with van der Waals surface area (Å²) in [6.45, 7) is 10.3. The van der Waals surface area contributed by atoms with Crippen molar-refractivity contribution in [2.24, 2.45) is 26.1 Å². The summed E-state index contributed by atoms with van der Waals surface area (Å²) in [5.41, 5.74) is 2.53. The number of esters is 1. The average Bonchev–Trinajstić information content (AvgIpc) is 3.91. The number of carbonyl (C=O) groups is 5. The Balaban J connectivity index is 0.998. The Kier molecular flexibility index (Phi) is 11.4. The lowest BCUT2D eigenvalue weighted by molar-refractivity contribution is -0.116. The number of hydrogen-bond acceptors (Lipinski definition) is 10. The number of aromatic nitrogens is 4. The molecule has 2 aliphatic heterocycles. The first-order chi connectivity index (χ1) is 27.0. The first-order valence-corrected chi connectivity index (χ1v) is 18.4. The van der Waals surface area contributed by atoms with Crippen LogP contribution in [-0.4, -0.2) is 91.3 Å². The van der Waals surface area contributed by atoms with Gasteiger partial charge in [-0.1, -0.05) is 19.1 Å². The number of aryl methyl sites for hydroxylation is 3. The van der Waals surface area contributed by atoms with Crippen LogP contribution in [0.5, 0.6) is 11.5 Å². The second-order valence-corrected chi connectivity index (χ2v) is 14.7. The van der Waals surface area contributed by atoms with E-state index in [1.165, 1.54) is 30.0 Å². The van der Waals surface area contributed by atoms with Crippen molar-refractivity contribution in [3.63, 3.8) is 0 Å². The molecular formula is C40H47N9O8. The number of ether oxygens (including phenoxy) is 3. The van der Waals surface area contributed by atoms with Crippen LogP contribution in [0.2, 0.25) is 0 Å². The minimum atomic E-state index is -0.632. The van der Waals surface area contributed by atoms with Crippen LogP contribution in [0, 0.1) is 0 Å². The summed E-state index contributed by atoms with van der Waals surface area (Å²) in [7, 11) is 6.45. The van der Waals surface area contributed by atoms with Crippen LogP contribution in [0.4, 0.5) is 22.9 Å². The van der Waals surface area contributed by atoms with Crippen LogP contribution in [0.25, 0.3) is 0 Å². The third kappa shape index (κ3) is 8.92. The zero-order valence-corrected chi connectivity index (χ0v) is 33.1. The second-order valence-electron chi connectivity index (χ2n) is 14.7. The van der Waals surface area contributed by atoms with Gasteiger partial charge in [0.15, 0.2) is 17.3 Å². The Morgan fingerprint density at radius 2 is 1.60 bits per heavy atom. The number of fused-ring (bicyclic) bond motifs is 2. The lowest BCUT2D eigenvalue weighted by Gasteiger charge is -2.23. The Labute approximate surface area is 329 Å². The molecule has 17 heteroatoms. The molecule has 0 bridgehead atoms. The Bertz CT molecular complexity index is 2300. The first kappa shape index (κ1) is 40.0. The van der Waals surface area contributed by atoms with Gasteiger partial charge < -0.3 is 48.8 Å². The van der Waals surface area contributed by atoms with E-state index in [2.05, 4.69) is 32.5 Å². The number of amides is 4. The maximum absolute atomic E-state index is 13.2. The highest BCUT2D eigenvalue weighted by Gasteiger charge is 2.34. The number of imidazole rings is 1. The summed E-state index contributed by atoms with van der Waals surface area (Å²) in [5.74, 6) is -0.998. The van der Waals surface area contributed by atoms with Gasteiger partial charge in [-0.15, -0.1) is 0 Å². The number of nitrogens with one attached hydrogen (secondary N) is 3. The third-order valence-electron chi connectivity index (χ3n) is 9.79. The van der Waals surface area contributed by atoms with Crippen molar-refractivity contribution in [1.29, 1.82) is 0 Å². The van der Waals surface area contributed by atoms with E-state index in [1.807, 2.05) is 20.8 Å². The molecular weight excluding hydrogens is 734 g/mol. The summed E-state index contributed by atoms with van der Waals surface area (Å²) in [5, 5.41) is 8.24. The van der Waals surface area contributed by atoms with Gasteiger partial charge in [-0.05, 0) is 51.3 Å². The smallest absolute Gasteiger partial charge is 0.355 e. The fraction of sp³-hybridized carbons (Fsp3) is 0.375. The van der Waals surface area contributed by atoms with Crippen molar-refractivity contribution in [2.45, 2.75) is 58.1 Å². The van der Waals surface area contributed by atoms with Gasteiger partial charge in [-0.3, -0.25) is 24.2 Å². The number of benzene rings is 1. The highest BCUT2D eigenvalue weighted by molar-refractivity contribution is 6.07. The molecule has 4 amide bonds. The molecule has 0 spiro atoms. The maximum atomic E-state index is 13.2. The van der Waals surface area contributed by atoms with Crippen molar-refractivity contribution in [1.82, 2.24) is 23.6 Å². The van der Waals surface area contributed by atoms with Crippen LogP contribution < -0.4 is 25.4 Å². The third-order valence-corrected chi connectivity index (χ3v) is 9.79. The SMILES string of the molecule is C=C1C[C@H]2C=Nc3cc(OCCCC(=O)Nc4cn(C)c(C(=O)Nc5cc(C(=O)Nc6cc(C(=O)OC(C)(C)CC)n(C)c6)n(C)c5)n4)c(OC)cc3C(=O)N2C1. The Morgan fingerprint density at radius 3 is 2.30 bits per heavy atom. The summed E-state index contributed by atoms with van der Waals surface area (Å²) in [4.78, 5) is 75.7. The van der Waals surface area contributed by atoms with Crippen LogP contribution in [-0.2, 0) is 30.7 Å². The predicted molar refractivity (Wildman–Crippen MR) is 213 cm³/mol. The van der Waals surface area contributed by atoms with E-state index in [0.717, 1.165) is 5.57 Å². The summed E-state index contributed by atoms with van der Waals surface area (Å²) >= 11 is 0. The zero-order chi connectivity index (χ0) is 41.2. The maximum Gasteiger partial charge on any atom is 0.355 e. The van der Waals surface area contributed by atoms with Crippen molar-refractivity contribution in [3.8, 4) is 11.5 Å². The minimum absolute atomic E-state index is 0.0280. The van der Waals surface area contributed by atoms with E-state index in [9.17, 15) is 24.0 Å². The molecule has 17 nitrogen and oxygen atoms in total. The number of methoxy groups -OCH3 is 1. The highest BCUT2D eigenvalue weighted by Crippen LogP contribution is 2.38. The first-order valence-electron chi connectivity index (χ1n) is 18.4. The quantitative estimate of drug-likeness (QED) is 0.0872. The average molecular weight is 782 g/mol. The number of carbonyl (C=O) groups excluding carboxylic acids is 5. The molecule has 5 heterocycles. The summed E-state index contributed by atoms with van der Waals surface area (Å²) in [6, 6.07) is 6.21. The summed E-state index contributed by atoms with van der Waals surface area (Å²) < 4.78 is 21.6. The molecule has 57 heavy (non-hydrogen) atoms. The molecule has 3 N–H and O–H groups in total. The minimum Gasteiger partial charge on any atom is -0.493 e. The van der Waals surface area contributed by atoms with Crippen molar-refractivity contribution >= 4 is 58.7 Å². The molecule has 3 aromatic heterocycles. The van der Waals surface area contributed by atoms with Gasteiger partial charge in [0.05, 0.1) is 42.4 Å². The second kappa shape index (κ2) is 16.2. The fourth-order valence-corrected chi connectivity index (χ4v) is 6.41. The van der Waals surface area contributed by atoms with Crippen LogP contribution in [0.1, 0.15) is 88.4 Å². The van der Waals surface area contributed by atoms with Gasteiger partial charge in [0, 0.05) is 65.0 Å². The van der Waals surface area contributed by atoms with Gasteiger partial charge in [0.2, 0.25) is 11.7 Å². The highest BCUT2D eigenvalue weighted by atomic mass is 16.6. The lowest BCUT2D eigenvalue weighted by atomic mass is 10.1. The molecule has 300 valence electrons. The molecule has 0 aliphatic carbocycles. The van der Waals surface area contributed by atoms with Crippen molar-refractivity contribution in [2.75, 3.05) is 36.2 Å². The van der Waals surface area contributed by atoms with Crippen LogP contribution >= 0.6 is 0 Å². The van der Waals surface area contributed by atoms with Crippen LogP contribution in [0.15, 0.2) is 60.0 Å². The molecule has 0 saturated carbocycles. The number of rotatable bonds is 14. The normalized spacial score (nSPS) is 14.8. The predicted octanol–water partition coefficient (Wildman–Crippen LogP) is 5.24. The zero-order valence-electron chi connectivity index (χ0n) is 33.1. The number of anilines is 3. The molecule has 1 atom stereocenters. The van der Waals surface area contributed by atoms with Gasteiger partial charge in [0.25, 0.3) is 17.7 Å². The topological polar surface area (TPSA) is 192 Å². The lowest BCUT2D eigenvalue weighted by Crippen LogP contribution is -2.35. The van der Waals surface area contributed by atoms with Crippen molar-refractivity contribution < 1.29 is 38.2 Å². The molecule has 4 aromatic rings. The fourth-order valence-electron chi connectivity index (χ4n) is 6.41. The van der Waals surface area contributed by atoms with Gasteiger partial charge in [-0.25, -0.2) is 9.78 Å². The molecule has 6 rings (SSSR count). The van der Waals surface area contributed by atoms with E-state index in [1.54, 1.807) is 65.9 Å². The van der Waals surface area contributed by atoms with E-state index >= 15 is 0 Å². The molecule has 1 saturated heterocycles. The largest absolute Gasteiger partial charge is 0.493 e. The van der Waals surface area contributed by atoms with E-state index < -0.39 is 23.4 Å². The molecule has 1 fully saturated rings.